The van der Waals surface area contributed by atoms with Crippen molar-refractivity contribution >= 4 is 27.9 Å². The number of imidazole rings is 1. The van der Waals surface area contributed by atoms with E-state index in [1.807, 2.05) is 53.2 Å². The zero-order valence-corrected chi connectivity index (χ0v) is 18.9. The molecule has 0 saturated heterocycles. The third-order valence-corrected chi connectivity index (χ3v) is 7.16. The lowest BCUT2D eigenvalue weighted by molar-refractivity contribution is 0.0907. The van der Waals surface area contributed by atoms with E-state index in [1.54, 1.807) is 11.3 Å². The van der Waals surface area contributed by atoms with E-state index < -0.39 is 0 Å². The quantitative estimate of drug-likeness (QED) is 0.418. The number of hydrogen-bond donors (Lipinski definition) is 2. The average Bonchev–Trinajstić information content (AvgIpc) is 3.45. The number of pyridine rings is 1. The van der Waals surface area contributed by atoms with Crippen LogP contribution in [0.15, 0.2) is 60.9 Å². The fraction of sp³-hybridized carbons (Fsp3) is 0.320. The molecule has 7 heteroatoms. The van der Waals surface area contributed by atoms with Gasteiger partial charge in [-0.25, -0.2) is 9.97 Å². The van der Waals surface area contributed by atoms with Gasteiger partial charge in [0, 0.05) is 18.8 Å². The minimum Gasteiger partial charge on any atom is -0.357 e. The van der Waals surface area contributed by atoms with Crippen LogP contribution in [0.1, 0.15) is 48.7 Å². The predicted molar refractivity (Wildman–Crippen MR) is 129 cm³/mol. The molecule has 1 fully saturated rings. The van der Waals surface area contributed by atoms with E-state index in [-0.39, 0.29) is 11.9 Å². The summed E-state index contributed by atoms with van der Waals surface area (Å²) in [6.07, 6.45) is 8.40. The normalized spacial score (nSPS) is 18.5. The van der Waals surface area contributed by atoms with Crippen LogP contribution in [0.25, 0.3) is 16.2 Å². The van der Waals surface area contributed by atoms with Gasteiger partial charge in [-0.3, -0.25) is 9.20 Å². The van der Waals surface area contributed by atoms with E-state index in [4.69, 9.17) is 4.98 Å². The lowest BCUT2D eigenvalue weighted by atomic mass is 9.86. The van der Waals surface area contributed by atoms with E-state index in [0.29, 0.717) is 18.2 Å². The Morgan fingerprint density at radius 1 is 1.12 bits per heavy atom. The smallest absolute Gasteiger partial charge is 0.272 e. The summed E-state index contributed by atoms with van der Waals surface area (Å²) in [5, 5.41) is 7.46. The van der Waals surface area contributed by atoms with Crippen LogP contribution in [0, 0.1) is 5.92 Å². The minimum atomic E-state index is -0.0920. The SMILES string of the molecule is CC1CCCCC1NC(=O)c1nc(-c2cnc(NCc3ccccc3)s2)n2ccccc12. The topological polar surface area (TPSA) is 71.3 Å². The largest absolute Gasteiger partial charge is 0.357 e. The highest BCUT2D eigenvalue weighted by atomic mass is 32.1. The Hall–Kier alpha value is -3.19. The van der Waals surface area contributed by atoms with Crippen LogP contribution in [-0.4, -0.2) is 26.3 Å². The van der Waals surface area contributed by atoms with Gasteiger partial charge in [-0.15, -0.1) is 0 Å². The van der Waals surface area contributed by atoms with Crippen molar-refractivity contribution in [2.45, 2.75) is 45.2 Å². The summed E-state index contributed by atoms with van der Waals surface area (Å²) in [5.41, 5.74) is 2.49. The van der Waals surface area contributed by atoms with Gasteiger partial charge in [0.15, 0.2) is 16.6 Å². The molecule has 2 atom stereocenters. The molecule has 1 aromatic carbocycles. The highest BCUT2D eigenvalue weighted by Gasteiger charge is 2.26. The number of rotatable bonds is 6. The van der Waals surface area contributed by atoms with Crippen molar-refractivity contribution in [3.63, 3.8) is 0 Å². The third kappa shape index (κ3) is 4.25. The Morgan fingerprint density at radius 2 is 1.94 bits per heavy atom. The summed E-state index contributed by atoms with van der Waals surface area (Å²) in [4.78, 5) is 23.4. The van der Waals surface area contributed by atoms with E-state index in [1.165, 1.54) is 24.8 Å². The monoisotopic (exact) mass is 445 g/mol. The van der Waals surface area contributed by atoms with Gasteiger partial charge in [0.25, 0.3) is 5.91 Å². The van der Waals surface area contributed by atoms with Crippen molar-refractivity contribution < 1.29 is 4.79 Å². The Labute approximate surface area is 191 Å². The van der Waals surface area contributed by atoms with Crippen LogP contribution >= 0.6 is 11.3 Å². The Kier molecular flexibility index (Phi) is 5.90. The first-order valence-corrected chi connectivity index (χ1v) is 12.0. The molecule has 5 rings (SSSR count). The minimum absolute atomic E-state index is 0.0920. The molecule has 1 saturated carbocycles. The molecule has 6 nitrogen and oxygen atoms in total. The molecule has 164 valence electrons. The maximum Gasteiger partial charge on any atom is 0.272 e. The lowest BCUT2D eigenvalue weighted by Crippen LogP contribution is -2.41. The van der Waals surface area contributed by atoms with Crippen LogP contribution in [0.2, 0.25) is 0 Å². The summed E-state index contributed by atoms with van der Waals surface area (Å²) >= 11 is 1.54. The molecule has 3 aromatic heterocycles. The molecule has 0 spiro atoms. The number of carbonyl (C=O) groups excluding carboxylic acids is 1. The summed E-state index contributed by atoms with van der Waals surface area (Å²) in [6, 6.07) is 16.3. The van der Waals surface area contributed by atoms with E-state index >= 15 is 0 Å². The number of thiazole rings is 1. The molecule has 0 aliphatic heterocycles. The number of carbonyl (C=O) groups is 1. The fourth-order valence-electron chi connectivity index (χ4n) is 4.38. The molecular weight excluding hydrogens is 418 g/mol. The maximum atomic E-state index is 13.2. The number of anilines is 1. The molecule has 32 heavy (non-hydrogen) atoms. The first-order chi connectivity index (χ1) is 15.7. The molecule has 2 N–H and O–H groups in total. The van der Waals surface area contributed by atoms with E-state index in [9.17, 15) is 4.79 Å². The van der Waals surface area contributed by atoms with Crippen molar-refractivity contribution in [3.05, 3.63) is 72.2 Å². The zero-order chi connectivity index (χ0) is 21.9. The van der Waals surface area contributed by atoms with E-state index in [0.717, 1.165) is 27.8 Å². The van der Waals surface area contributed by atoms with Gasteiger partial charge >= 0.3 is 0 Å². The Balaban J connectivity index is 1.39. The number of aromatic nitrogens is 3. The number of fused-ring (bicyclic) bond motifs is 1. The second-order valence-corrected chi connectivity index (χ2v) is 9.48. The van der Waals surface area contributed by atoms with Crippen LogP contribution in [0.5, 0.6) is 0 Å². The fourth-order valence-corrected chi connectivity index (χ4v) is 5.18. The molecule has 1 aliphatic rings. The summed E-state index contributed by atoms with van der Waals surface area (Å²) in [6.45, 7) is 2.94. The average molecular weight is 446 g/mol. The van der Waals surface area contributed by atoms with Gasteiger partial charge in [-0.05, 0) is 36.5 Å². The van der Waals surface area contributed by atoms with Crippen LogP contribution in [0.3, 0.4) is 0 Å². The molecule has 3 heterocycles. The number of benzene rings is 1. The summed E-state index contributed by atoms with van der Waals surface area (Å²) < 4.78 is 1.98. The highest BCUT2D eigenvalue weighted by Crippen LogP contribution is 2.31. The first-order valence-electron chi connectivity index (χ1n) is 11.2. The van der Waals surface area contributed by atoms with Crippen molar-refractivity contribution in [2.75, 3.05) is 5.32 Å². The Morgan fingerprint density at radius 3 is 2.78 bits per heavy atom. The molecule has 2 unspecified atom stereocenters. The lowest BCUT2D eigenvalue weighted by Gasteiger charge is -2.29. The standard InChI is InChI=1S/C25H27N5OS/c1-17-9-5-6-12-19(17)28-24(31)22-20-13-7-8-14-30(20)23(29-22)21-16-27-25(32-21)26-15-18-10-3-2-4-11-18/h2-4,7-8,10-11,13-14,16-17,19H,5-6,9,12,15H2,1H3,(H,26,27)(H,28,31). The zero-order valence-electron chi connectivity index (χ0n) is 18.1. The van der Waals surface area contributed by atoms with Crippen molar-refractivity contribution in [3.8, 4) is 10.7 Å². The van der Waals surface area contributed by atoms with Crippen molar-refractivity contribution in [2.24, 2.45) is 5.92 Å². The predicted octanol–water partition coefficient (Wildman–Crippen LogP) is 5.38. The van der Waals surface area contributed by atoms with Crippen molar-refractivity contribution in [1.82, 2.24) is 19.7 Å². The number of nitrogens with one attached hydrogen (secondary N) is 2. The molecule has 1 amide bonds. The number of hydrogen-bond acceptors (Lipinski definition) is 5. The summed E-state index contributed by atoms with van der Waals surface area (Å²) in [5.74, 6) is 1.15. The van der Waals surface area contributed by atoms with Gasteiger partial charge in [0.2, 0.25) is 0 Å². The van der Waals surface area contributed by atoms with Crippen LogP contribution in [0.4, 0.5) is 5.13 Å². The van der Waals surface area contributed by atoms with Gasteiger partial charge in [0.1, 0.15) is 0 Å². The first kappa shape index (κ1) is 20.7. The molecular formula is C25H27N5OS. The molecule has 0 radical (unpaired) electrons. The number of nitrogens with zero attached hydrogens (tertiary/aromatic N) is 3. The molecule has 0 bridgehead atoms. The van der Waals surface area contributed by atoms with Crippen LogP contribution in [-0.2, 0) is 6.54 Å². The summed E-state index contributed by atoms with van der Waals surface area (Å²) in [7, 11) is 0. The molecule has 4 aromatic rings. The van der Waals surface area contributed by atoms with Gasteiger partial charge < -0.3 is 10.6 Å². The highest BCUT2D eigenvalue weighted by molar-refractivity contribution is 7.18. The molecule has 1 aliphatic carbocycles. The van der Waals surface area contributed by atoms with E-state index in [2.05, 4.69) is 34.7 Å². The van der Waals surface area contributed by atoms with Gasteiger partial charge in [-0.1, -0.05) is 67.5 Å². The van der Waals surface area contributed by atoms with Crippen LogP contribution < -0.4 is 10.6 Å². The Bertz CT molecular complexity index is 1220. The third-order valence-electron chi connectivity index (χ3n) is 6.20. The van der Waals surface area contributed by atoms with Gasteiger partial charge in [0.05, 0.1) is 16.6 Å². The van der Waals surface area contributed by atoms with Crippen molar-refractivity contribution in [1.29, 1.82) is 0 Å². The van der Waals surface area contributed by atoms with Gasteiger partial charge in [-0.2, -0.15) is 0 Å². The second kappa shape index (κ2) is 9.12. The number of amides is 1. The maximum absolute atomic E-state index is 13.2. The second-order valence-electron chi connectivity index (χ2n) is 8.45.